The van der Waals surface area contributed by atoms with Crippen molar-refractivity contribution in [3.63, 3.8) is 0 Å². The van der Waals surface area contributed by atoms with Gasteiger partial charge in [-0.25, -0.2) is 0 Å². The fraction of sp³-hybridized carbons (Fsp3) is 0.938. The Bertz CT molecular complexity index is 395. The Morgan fingerprint density at radius 1 is 1.43 bits per heavy atom. The molecule has 1 saturated heterocycles. The van der Waals surface area contributed by atoms with Crippen LogP contribution in [-0.4, -0.2) is 60.5 Å². The molecule has 2 unspecified atom stereocenters. The molecule has 0 amide bonds. The number of aliphatic imine (C=N–C) groups is 1. The Morgan fingerprint density at radius 3 is 2.76 bits per heavy atom. The van der Waals surface area contributed by atoms with Crippen LogP contribution in [0.5, 0.6) is 0 Å². The quantitative estimate of drug-likeness (QED) is 0.607. The smallest absolute Gasteiger partial charge is 0.194 e. The fourth-order valence-electron chi connectivity index (χ4n) is 4.12. The number of β-amino-alcohol motifs (C(OH)–C–C–N with tert-alkyl or cyclic N) is 1. The molecule has 3 fully saturated rings. The summed E-state index contributed by atoms with van der Waals surface area (Å²) in [5, 5.41) is 13.4. The van der Waals surface area contributed by atoms with E-state index in [-0.39, 0.29) is 6.10 Å². The first kappa shape index (κ1) is 15.1. The maximum absolute atomic E-state index is 9.75. The van der Waals surface area contributed by atoms with E-state index < -0.39 is 0 Å². The summed E-state index contributed by atoms with van der Waals surface area (Å²) < 4.78 is 5.92. The molecule has 3 aliphatic rings. The normalized spacial score (nSPS) is 34.7. The number of nitrogens with zero attached hydrogens (tertiary/aromatic N) is 2. The van der Waals surface area contributed by atoms with Gasteiger partial charge in [0.05, 0.1) is 12.2 Å². The number of guanidine groups is 1. The summed E-state index contributed by atoms with van der Waals surface area (Å²) in [6.45, 7) is 7.36. The number of rotatable bonds is 4. The number of hydrogen-bond donors (Lipinski definition) is 2. The minimum atomic E-state index is -0.205. The second-order valence-electron chi connectivity index (χ2n) is 6.65. The first-order valence-electron chi connectivity index (χ1n) is 8.55. The van der Waals surface area contributed by atoms with Crippen LogP contribution in [0.3, 0.4) is 0 Å². The van der Waals surface area contributed by atoms with Gasteiger partial charge in [0.2, 0.25) is 0 Å². The van der Waals surface area contributed by atoms with E-state index in [0.29, 0.717) is 24.1 Å². The molecule has 21 heavy (non-hydrogen) atoms. The molecule has 2 N–H and O–H groups in total. The highest BCUT2D eigenvalue weighted by Gasteiger charge is 2.59. The van der Waals surface area contributed by atoms with Gasteiger partial charge in [0.15, 0.2) is 5.96 Å². The summed E-state index contributed by atoms with van der Waals surface area (Å²) in [4.78, 5) is 6.84. The average molecular weight is 295 g/mol. The lowest BCUT2D eigenvalue weighted by Crippen LogP contribution is -2.68. The van der Waals surface area contributed by atoms with Gasteiger partial charge in [0.25, 0.3) is 0 Å². The van der Waals surface area contributed by atoms with Crippen LogP contribution in [0.1, 0.15) is 46.0 Å². The highest BCUT2D eigenvalue weighted by Crippen LogP contribution is 2.57. The van der Waals surface area contributed by atoms with Crippen LogP contribution in [0.15, 0.2) is 4.99 Å². The van der Waals surface area contributed by atoms with Crippen molar-refractivity contribution in [1.29, 1.82) is 0 Å². The Hall–Kier alpha value is -0.810. The second-order valence-corrected chi connectivity index (χ2v) is 6.65. The van der Waals surface area contributed by atoms with Crippen molar-refractivity contribution in [2.75, 3.05) is 26.2 Å². The molecule has 3 atom stereocenters. The molecule has 3 rings (SSSR count). The zero-order valence-corrected chi connectivity index (χ0v) is 13.3. The lowest BCUT2D eigenvalue weighted by atomic mass is 9.51. The van der Waals surface area contributed by atoms with Gasteiger partial charge in [-0.3, -0.25) is 4.99 Å². The van der Waals surface area contributed by atoms with E-state index in [9.17, 15) is 5.11 Å². The van der Waals surface area contributed by atoms with Crippen molar-refractivity contribution in [1.82, 2.24) is 10.2 Å². The third kappa shape index (κ3) is 2.66. The summed E-state index contributed by atoms with van der Waals surface area (Å²) in [5.41, 5.74) is 0.350. The van der Waals surface area contributed by atoms with Gasteiger partial charge in [0, 0.05) is 37.7 Å². The van der Waals surface area contributed by atoms with Gasteiger partial charge in [-0.2, -0.15) is 0 Å². The maximum Gasteiger partial charge on any atom is 0.194 e. The third-order valence-corrected chi connectivity index (χ3v) is 5.51. The number of likely N-dealkylation sites (tertiary alicyclic amines) is 1. The van der Waals surface area contributed by atoms with E-state index in [4.69, 9.17) is 4.74 Å². The Morgan fingerprint density at radius 2 is 2.24 bits per heavy atom. The molecule has 0 bridgehead atoms. The van der Waals surface area contributed by atoms with Crippen LogP contribution in [0.25, 0.3) is 0 Å². The van der Waals surface area contributed by atoms with Gasteiger partial charge >= 0.3 is 0 Å². The average Bonchev–Trinajstić information content (AvgIpc) is 2.81. The lowest BCUT2D eigenvalue weighted by molar-refractivity contribution is -0.168. The summed E-state index contributed by atoms with van der Waals surface area (Å²) >= 11 is 0. The van der Waals surface area contributed by atoms with Crippen LogP contribution in [0.4, 0.5) is 0 Å². The molecular weight excluding hydrogens is 266 g/mol. The molecule has 1 aliphatic heterocycles. The van der Waals surface area contributed by atoms with E-state index in [1.54, 1.807) is 0 Å². The number of hydrogen-bond acceptors (Lipinski definition) is 3. The summed E-state index contributed by atoms with van der Waals surface area (Å²) in [6.07, 6.45) is 6.04. The monoisotopic (exact) mass is 295 g/mol. The first-order valence-corrected chi connectivity index (χ1v) is 8.55. The zero-order chi connectivity index (χ0) is 14.9. The van der Waals surface area contributed by atoms with Crippen LogP contribution < -0.4 is 5.32 Å². The van der Waals surface area contributed by atoms with E-state index in [1.807, 2.05) is 0 Å². The van der Waals surface area contributed by atoms with Crippen molar-refractivity contribution in [2.45, 2.75) is 64.2 Å². The molecule has 2 aliphatic carbocycles. The predicted octanol–water partition coefficient (Wildman–Crippen LogP) is 1.37. The molecular formula is C16H29N3O2. The van der Waals surface area contributed by atoms with Crippen molar-refractivity contribution in [3.8, 4) is 0 Å². The lowest BCUT2D eigenvalue weighted by Gasteiger charge is -2.61. The van der Waals surface area contributed by atoms with E-state index in [2.05, 4.69) is 29.1 Å². The minimum absolute atomic E-state index is 0.205. The number of aliphatic hydroxyl groups excluding tert-OH is 1. The Labute approximate surface area is 127 Å². The molecule has 0 aromatic rings. The third-order valence-electron chi connectivity index (χ3n) is 5.51. The summed E-state index contributed by atoms with van der Waals surface area (Å²) in [7, 11) is 0. The molecule has 5 nitrogen and oxygen atoms in total. The van der Waals surface area contributed by atoms with Crippen LogP contribution in [-0.2, 0) is 4.74 Å². The van der Waals surface area contributed by atoms with Crippen molar-refractivity contribution >= 4 is 5.96 Å². The largest absolute Gasteiger partial charge is 0.391 e. The highest BCUT2D eigenvalue weighted by molar-refractivity contribution is 5.81. The van der Waals surface area contributed by atoms with Gasteiger partial charge in [-0.05, 0) is 39.5 Å². The molecule has 1 heterocycles. The van der Waals surface area contributed by atoms with Crippen molar-refractivity contribution in [3.05, 3.63) is 0 Å². The van der Waals surface area contributed by atoms with Gasteiger partial charge in [-0.1, -0.05) is 6.42 Å². The molecule has 120 valence electrons. The predicted molar refractivity (Wildman–Crippen MR) is 83.4 cm³/mol. The van der Waals surface area contributed by atoms with Crippen LogP contribution >= 0.6 is 0 Å². The van der Waals surface area contributed by atoms with E-state index >= 15 is 0 Å². The zero-order valence-electron chi connectivity index (χ0n) is 13.3. The standard InChI is InChI=1S/C16H29N3O2/c1-3-17-15(19-9-6-12(20)11-19)18-13-10-14(21-4-2)16(13)7-5-8-16/h12-14,20H,3-11H2,1-2H3,(H,17,18)/t12-,13?,14?/m1/s1. The van der Waals surface area contributed by atoms with Crippen molar-refractivity contribution < 1.29 is 9.84 Å². The highest BCUT2D eigenvalue weighted by atomic mass is 16.5. The molecule has 1 spiro atoms. The Balaban J connectivity index is 1.63. The Kier molecular flexibility index (Phi) is 4.41. The topological polar surface area (TPSA) is 57.1 Å². The molecule has 2 saturated carbocycles. The fourth-order valence-corrected chi connectivity index (χ4v) is 4.12. The molecule has 0 aromatic carbocycles. The number of nitrogens with one attached hydrogen (secondary N) is 1. The summed E-state index contributed by atoms with van der Waals surface area (Å²) in [5.74, 6) is 0.986. The van der Waals surface area contributed by atoms with E-state index in [0.717, 1.165) is 38.5 Å². The first-order chi connectivity index (χ1) is 10.2. The summed E-state index contributed by atoms with van der Waals surface area (Å²) in [6, 6.07) is 0.492. The second kappa shape index (κ2) is 6.13. The molecule has 0 aromatic heterocycles. The SMILES string of the molecule is CCN=C(NC1CC(OCC)C12CCC2)N1CC[C@@H](O)C1. The van der Waals surface area contributed by atoms with Crippen LogP contribution in [0, 0.1) is 5.41 Å². The van der Waals surface area contributed by atoms with Gasteiger partial charge < -0.3 is 20.1 Å². The molecule has 0 radical (unpaired) electrons. The van der Waals surface area contributed by atoms with E-state index in [1.165, 1.54) is 19.3 Å². The number of aliphatic hydroxyl groups is 1. The molecule has 5 heteroatoms. The van der Waals surface area contributed by atoms with Gasteiger partial charge in [-0.15, -0.1) is 0 Å². The van der Waals surface area contributed by atoms with Crippen LogP contribution in [0.2, 0.25) is 0 Å². The maximum atomic E-state index is 9.75. The number of ether oxygens (including phenoxy) is 1. The van der Waals surface area contributed by atoms with Gasteiger partial charge in [0.1, 0.15) is 0 Å². The minimum Gasteiger partial charge on any atom is -0.391 e. The van der Waals surface area contributed by atoms with Crippen molar-refractivity contribution in [2.24, 2.45) is 10.4 Å².